The fourth-order valence-corrected chi connectivity index (χ4v) is 1.10. The van der Waals surface area contributed by atoms with Crippen molar-refractivity contribution in [3.8, 4) is 5.75 Å². The zero-order chi connectivity index (χ0) is 10.6. The molecule has 0 unspecified atom stereocenters. The van der Waals surface area contributed by atoms with Crippen molar-refractivity contribution in [2.75, 3.05) is 7.11 Å². The normalized spacial score (nSPS) is 9.50. The lowest BCUT2D eigenvalue weighted by Gasteiger charge is -2.05. The van der Waals surface area contributed by atoms with E-state index in [0.29, 0.717) is 5.56 Å². The van der Waals surface area contributed by atoms with Crippen molar-refractivity contribution in [2.45, 2.75) is 6.54 Å². The summed E-state index contributed by atoms with van der Waals surface area (Å²) in [5.41, 5.74) is 0.590. The molecule has 0 atom stereocenters. The van der Waals surface area contributed by atoms with Gasteiger partial charge in [0.15, 0.2) is 0 Å². The number of methoxy groups -OCH3 is 1. The predicted molar refractivity (Wildman–Crippen MR) is 49.5 cm³/mol. The van der Waals surface area contributed by atoms with E-state index in [4.69, 9.17) is 9.84 Å². The third-order valence-corrected chi connectivity index (χ3v) is 1.74. The predicted octanol–water partition coefficient (Wildman–Crippen LogP) is 1.66. The van der Waals surface area contributed by atoms with Crippen molar-refractivity contribution in [2.24, 2.45) is 5.18 Å². The first-order chi connectivity index (χ1) is 6.69. The molecule has 74 valence electrons. The van der Waals surface area contributed by atoms with E-state index in [2.05, 4.69) is 5.18 Å². The Balaban J connectivity index is 3.13. The van der Waals surface area contributed by atoms with Gasteiger partial charge in [0.2, 0.25) is 0 Å². The maximum Gasteiger partial charge on any atom is 0.339 e. The number of nitrogens with zero attached hydrogens (tertiary/aromatic N) is 1. The number of hydrogen-bond acceptors (Lipinski definition) is 4. The molecule has 5 heteroatoms. The molecule has 14 heavy (non-hydrogen) atoms. The third-order valence-electron chi connectivity index (χ3n) is 1.74. The molecule has 0 bridgehead atoms. The van der Waals surface area contributed by atoms with Gasteiger partial charge in [0.1, 0.15) is 17.9 Å². The SMILES string of the molecule is COc1ccc(CN=O)cc1C(=O)O. The van der Waals surface area contributed by atoms with Gasteiger partial charge in [0.25, 0.3) is 0 Å². The van der Waals surface area contributed by atoms with E-state index >= 15 is 0 Å². The summed E-state index contributed by atoms with van der Waals surface area (Å²) >= 11 is 0. The molecule has 0 saturated heterocycles. The van der Waals surface area contributed by atoms with Crippen LogP contribution in [0.5, 0.6) is 5.75 Å². The minimum Gasteiger partial charge on any atom is -0.496 e. The topological polar surface area (TPSA) is 76.0 Å². The number of rotatable bonds is 4. The highest BCUT2D eigenvalue weighted by Gasteiger charge is 2.11. The lowest BCUT2D eigenvalue weighted by atomic mass is 10.1. The molecule has 0 aromatic heterocycles. The van der Waals surface area contributed by atoms with E-state index in [-0.39, 0.29) is 17.9 Å². The number of carbonyl (C=O) groups is 1. The smallest absolute Gasteiger partial charge is 0.339 e. The Bertz CT molecular complexity index is 362. The van der Waals surface area contributed by atoms with Crippen LogP contribution in [0.15, 0.2) is 23.4 Å². The van der Waals surface area contributed by atoms with Gasteiger partial charge in [-0.05, 0) is 17.7 Å². The molecule has 0 heterocycles. The molecule has 0 aliphatic carbocycles. The molecule has 0 amide bonds. The van der Waals surface area contributed by atoms with Gasteiger partial charge in [0, 0.05) is 0 Å². The molecule has 1 rings (SSSR count). The van der Waals surface area contributed by atoms with E-state index in [1.54, 1.807) is 6.07 Å². The highest BCUT2D eigenvalue weighted by molar-refractivity contribution is 5.91. The summed E-state index contributed by atoms with van der Waals surface area (Å²) < 4.78 is 4.85. The van der Waals surface area contributed by atoms with Gasteiger partial charge in [-0.3, -0.25) is 0 Å². The summed E-state index contributed by atoms with van der Waals surface area (Å²) in [6, 6.07) is 4.49. The Morgan fingerprint density at radius 2 is 2.29 bits per heavy atom. The lowest BCUT2D eigenvalue weighted by molar-refractivity contribution is 0.0693. The van der Waals surface area contributed by atoms with Gasteiger partial charge in [-0.25, -0.2) is 4.79 Å². The Morgan fingerprint density at radius 3 is 2.79 bits per heavy atom. The second kappa shape index (κ2) is 4.36. The van der Waals surface area contributed by atoms with Crippen LogP contribution >= 0.6 is 0 Å². The average molecular weight is 195 g/mol. The second-order valence-corrected chi connectivity index (χ2v) is 2.63. The van der Waals surface area contributed by atoms with Gasteiger partial charge in [-0.15, -0.1) is 0 Å². The van der Waals surface area contributed by atoms with Gasteiger partial charge >= 0.3 is 5.97 Å². The Morgan fingerprint density at radius 1 is 1.57 bits per heavy atom. The third kappa shape index (κ3) is 2.07. The molecule has 0 fully saturated rings. The molecule has 0 aliphatic heterocycles. The quantitative estimate of drug-likeness (QED) is 0.741. The first-order valence-electron chi connectivity index (χ1n) is 3.88. The van der Waals surface area contributed by atoms with Gasteiger partial charge in [-0.1, -0.05) is 11.2 Å². The average Bonchev–Trinajstić information content (AvgIpc) is 2.18. The minimum atomic E-state index is -1.09. The number of hydrogen-bond donors (Lipinski definition) is 1. The summed E-state index contributed by atoms with van der Waals surface area (Å²) in [5.74, 6) is -0.818. The lowest BCUT2D eigenvalue weighted by Crippen LogP contribution is -2.01. The van der Waals surface area contributed by atoms with E-state index in [9.17, 15) is 9.70 Å². The number of nitroso groups, excluding NO2 is 1. The monoisotopic (exact) mass is 195 g/mol. The van der Waals surface area contributed by atoms with Gasteiger partial charge in [0.05, 0.1) is 7.11 Å². The van der Waals surface area contributed by atoms with Crippen LogP contribution in [-0.4, -0.2) is 18.2 Å². The molecule has 5 nitrogen and oxygen atoms in total. The van der Waals surface area contributed by atoms with Crippen molar-refractivity contribution < 1.29 is 14.6 Å². The molecule has 0 saturated carbocycles. The molecule has 1 aromatic carbocycles. The highest BCUT2D eigenvalue weighted by atomic mass is 16.5. The number of benzene rings is 1. The van der Waals surface area contributed by atoms with E-state index in [1.807, 2.05) is 0 Å². The molecule has 1 aromatic rings. The van der Waals surface area contributed by atoms with Crippen molar-refractivity contribution >= 4 is 5.97 Å². The van der Waals surface area contributed by atoms with Crippen molar-refractivity contribution in [3.63, 3.8) is 0 Å². The molecule has 0 radical (unpaired) electrons. The van der Waals surface area contributed by atoms with Crippen LogP contribution in [0.1, 0.15) is 15.9 Å². The summed E-state index contributed by atoms with van der Waals surface area (Å²) in [6.45, 7) is -0.0374. The van der Waals surface area contributed by atoms with Crippen molar-refractivity contribution in [1.29, 1.82) is 0 Å². The van der Waals surface area contributed by atoms with Crippen LogP contribution in [0.25, 0.3) is 0 Å². The molecule has 1 N–H and O–H groups in total. The van der Waals surface area contributed by atoms with Crippen LogP contribution in [0.3, 0.4) is 0 Å². The summed E-state index contributed by atoms with van der Waals surface area (Å²) in [4.78, 5) is 20.7. The van der Waals surface area contributed by atoms with Crippen LogP contribution in [0.2, 0.25) is 0 Å². The van der Waals surface area contributed by atoms with Crippen LogP contribution in [0, 0.1) is 4.91 Å². The van der Waals surface area contributed by atoms with Crippen LogP contribution in [0.4, 0.5) is 0 Å². The maximum atomic E-state index is 10.7. The van der Waals surface area contributed by atoms with Crippen molar-refractivity contribution in [1.82, 2.24) is 0 Å². The van der Waals surface area contributed by atoms with E-state index < -0.39 is 5.97 Å². The van der Waals surface area contributed by atoms with E-state index in [1.165, 1.54) is 19.2 Å². The Labute approximate surface area is 80.3 Å². The summed E-state index contributed by atoms with van der Waals surface area (Å²) in [7, 11) is 1.39. The fourth-order valence-electron chi connectivity index (χ4n) is 1.10. The maximum absolute atomic E-state index is 10.7. The first kappa shape index (κ1) is 10.2. The summed E-state index contributed by atoms with van der Waals surface area (Å²) in [6.07, 6.45) is 0. The zero-order valence-electron chi connectivity index (χ0n) is 7.56. The Kier molecular flexibility index (Phi) is 3.17. The van der Waals surface area contributed by atoms with Gasteiger partial charge in [-0.2, -0.15) is 4.91 Å². The molecule has 0 spiro atoms. The number of carboxylic acid groups (broad SMARTS) is 1. The first-order valence-corrected chi connectivity index (χ1v) is 3.88. The Hall–Kier alpha value is -1.91. The number of ether oxygens (including phenoxy) is 1. The minimum absolute atomic E-state index is 0.0358. The number of aromatic carboxylic acids is 1. The van der Waals surface area contributed by atoms with E-state index in [0.717, 1.165) is 0 Å². The molecular formula is C9H9NO4. The summed E-state index contributed by atoms with van der Waals surface area (Å²) in [5, 5.41) is 11.5. The second-order valence-electron chi connectivity index (χ2n) is 2.63. The van der Waals surface area contributed by atoms with Crippen molar-refractivity contribution in [3.05, 3.63) is 34.2 Å². The molecule has 0 aliphatic rings. The fraction of sp³-hybridized carbons (Fsp3) is 0.222. The van der Waals surface area contributed by atoms with Crippen LogP contribution in [-0.2, 0) is 6.54 Å². The highest BCUT2D eigenvalue weighted by Crippen LogP contribution is 2.20. The standard InChI is InChI=1S/C9H9NO4/c1-14-8-3-2-6(5-10-13)4-7(8)9(11)12/h2-4H,5H2,1H3,(H,11,12). The van der Waals surface area contributed by atoms with Gasteiger partial charge < -0.3 is 9.84 Å². The number of carboxylic acids is 1. The largest absolute Gasteiger partial charge is 0.496 e. The zero-order valence-corrected chi connectivity index (χ0v) is 7.56. The molecular weight excluding hydrogens is 186 g/mol. The van der Waals surface area contributed by atoms with Crippen LogP contribution < -0.4 is 4.74 Å².